The van der Waals surface area contributed by atoms with Crippen molar-refractivity contribution in [2.45, 2.75) is 75.3 Å². The number of nitrogens with one attached hydrogen (secondary N) is 1. The SMILES string of the molecule is COc1ccccc1C1CNCCN1C(=O)C12CCC(N(CC(=O)N3C[C@@H](F)C[C@H]3C#N)C(=O)OCc3ccccc3)(CC1)CC2. The van der Waals surface area contributed by atoms with E-state index in [1.807, 2.05) is 65.6 Å². The summed E-state index contributed by atoms with van der Waals surface area (Å²) in [5.74, 6) is 0.426. The van der Waals surface area contributed by atoms with Crippen molar-refractivity contribution in [1.82, 2.24) is 20.0 Å². The molecule has 2 bridgehead atoms. The Labute approximate surface area is 269 Å². The average molecular weight is 632 g/mol. The van der Waals surface area contributed by atoms with Gasteiger partial charge in [-0.25, -0.2) is 9.18 Å². The second-order valence-corrected chi connectivity index (χ2v) is 13.1. The molecule has 11 heteroatoms. The lowest BCUT2D eigenvalue weighted by atomic mass is 9.56. The Balaban J connectivity index is 1.21. The molecule has 2 heterocycles. The Bertz CT molecular complexity index is 1460. The van der Waals surface area contributed by atoms with Crippen LogP contribution in [0.1, 0.15) is 62.1 Å². The van der Waals surface area contributed by atoms with E-state index in [1.54, 1.807) is 7.11 Å². The summed E-state index contributed by atoms with van der Waals surface area (Å²) in [6.07, 6.45) is 1.49. The van der Waals surface area contributed by atoms with Gasteiger partial charge in [0.05, 0.1) is 25.8 Å². The number of ether oxygens (including phenoxy) is 2. The summed E-state index contributed by atoms with van der Waals surface area (Å²) in [7, 11) is 1.64. The number of likely N-dealkylation sites (tertiary alicyclic amines) is 1. The molecule has 46 heavy (non-hydrogen) atoms. The first-order valence-electron chi connectivity index (χ1n) is 16.3. The number of benzene rings is 2. The van der Waals surface area contributed by atoms with Crippen molar-refractivity contribution in [1.29, 1.82) is 5.26 Å². The zero-order valence-electron chi connectivity index (χ0n) is 26.3. The molecular weight excluding hydrogens is 589 g/mol. The fraction of sp³-hybridized carbons (Fsp3) is 0.543. The normalized spacial score (nSPS) is 28.8. The van der Waals surface area contributed by atoms with Crippen LogP contribution in [0.15, 0.2) is 54.6 Å². The minimum Gasteiger partial charge on any atom is -0.496 e. The zero-order valence-corrected chi connectivity index (χ0v) is 26.3. The van der Waals surface area contributed by atoms with Gasteiger partial charge in [-0.05, 0) is 50.2 Å². The van der Waals surface area contributed by atoms with E-state index >= 15 is 0 Å². The maximum Gasteiger partial charge on any atom is 0.411 e. The second-order valence-electron chi connectivity index (χ2n) is 13.1. The quantitative estimate of drug-likeness (QED) is 0.461. The third-order valence-electron chi connectivity index (χ3n) is 10.7. The smallest absolute Gasteiger partial charge is 0.411 e. The lowest BCUT2D eigenvalue weighted by molar-refractivity contribution is -0.157. The second kappa shape index (κ2) is 13.3. The number of methoxy groups -OCH3 is 1. The number of amides is 3. The summed E-state index contributed by atoms with van der Waals surface area (Å²) in [5.41, 5.74) is 0.572. The molecule has 1 unspecified atom stereocenters. The number of fused-ring (bicyclic) bond motifs is 3. The fourth-order valence-electron chi connectivity index (χ4n) is 8.00. The molecule has 10 nitrogen and oxygen atoms in total. The van der Waals surface area contributed by atoms with Gasteiger partial charge in [-0.15, -0.1) is 0 Å². The van der Waals surface area contributed by atoms with E-state index in [9.17, 15) is 24.0 Å². The molecule has 7 rings (SSSR count). The molecule has 2 aromatic carbocycles. The van der Waals surface area contributed by atoms with E-state index in [0.717, 1.165) is 16.9 Å². The van der Waals surface area contributed by atoms with E-state index in [4.69, 9.17) is 9.47 Å². The molecule has 2 aromatic rings. The summed E-state index contributed by atoms with van der Waals surface area (Å²) in [5, 5.41) is 13.0. The number of alkyl halides is 1. The molecule has 3 amide bonds. The maximum absolute atomic E-state index is 14.5. The molecule has 0 radical (unpaired) electrons. The Morgan fingerprint density at radius 2 is 1.72 bits per heavy atom. The van der Waals surface area contributed by atoms with Crippen molar-refractivity contribution >= 4 is 17.9 Å². The Morgan fingerprint density at radius 3 is 2.41 bits per heavy atom. The maximum atomic E-state index is 14.5. The van der Waals surface area contributed by atoms with Crippen molar-refractivity contribution < 1.29 is 28.2 Å². The Morgan fingerprint density at radius 1 is 1.02 bits per heavy atom. The highest BCUT2D eigenvalue weighted by atomic mass is 19.1. The van der Waals surface area contributed by atoms with Crippen LogP contribution in [0.4, 0.5) is 9.18 Å². The standard InChI is InChI=1S/C35H42FN5O5/c1-45-30-10-6-5-9-28(30)29-21-38-17-18-39(29)32(43)34-11-14-35(15-12-34,16-13-34)41(33(44)46-24-25-7-3-2-4-8-25)23-31(42)40-22-26(36)19-27(40)20-37/h2-10,26-27,29,38H,11-19,21-24H2,1H3/t26-,27-,29?,34?,35?/m0/s1. The monoisotopic (exact) mass is 631 g/mol. The van der Waals surface area contributed by atoms with Crippen LogP contribution in [0.5, 0.6) is 5.75 Å². The van der Waals surface area contributed by atoms with Crippen LogP contribution in [-0.4, -0.2) is 90.2 Å². The van der Waals surface area contributed by atoms with Crippen molar-refractivity contribution in [3.63, 3.8) is 0 Å². The first-order valence-corrected chi connectivity index (χ1v) is 16.3. The van der Waals surface area contributed by atoms with Gasteiger partial charge in [-0.2, -0.15) is 5.26 Å². The van der Waals surface area contributed by atoms with E-state index in [2.05, 4.69) is 5.32 Å². The summed E-state index contributed by atoms with van der Waals surface area (Å²) in [4.78, 5) is 46.6. The third kappa shape index (κ3) is 6.03. The first kappa shape index (κ1) is 31.8. The molecule has 5 aliphatic rings. The number of halogens is 1. The molecule has 3 aliphatic carbocycles. The van der Waals surface area contributed by atoms with Gasteiger partial charge in [-0.1, -0.05) is 48.5 Å². The van der Waals surface area contributed by atoms with Crippen molar-refractivity contribution in [2.24, 2.45) is 5.41 Å². The van der Waals surface area contributed by atoms with Crippen LogP contribution in [-0.2, 0) is 20.9 Å². The lowest BCUT2D eigenvalue weighted by Crippen LogP contribution is -2.64. The van der Waals surface area contributed by atoms with Crippen molar-refractivity contribution in [3.8, 4) is 11.8 Å². The van der Waals surface area contributed by atoms with Gasteiger partial charge in [0, 0.05) is 42.6 Å². The highest BCUT2D eigenvalue weighted by Gasteiger charge is 2.58. The fourth-order valence-corrected chi connectivity index (χ4v) is 8.00. The summed E-state index contributed by atoms with van der Waals surface area (Å²) in [6, 6.07) is 18.2. The average Bonchev–Trinajstić information content (AvgIpc) is 3.51. The van der Waals surface area contributed by atoms with E-state index in [1.165, 1.54) is 9.80 Å². The predicted molar refractivity (Wildman–Crippen MR) is 167 cm³/mol. The van der Waals surface area contributed by atoms with Gasteiger partial charge in [0.15, 0.2) is 0 Å². The molecule has 2 aliphatic heterocycles. The van der Waals surface area contributed by atoms with Gasteiger partial charge in [0.2, 0.25) is 11.8 Å². The van der Waals surface area contributed by atoms with Gasteiger partial charge in [0.1, 0.15) is 31.1 Å². The number of hydrogen-bond donors (Lipinski definition) is 1. The van der Waals surface area contributed by atoms with Crippen LogP contribution < -0.4 is 10.1 Å². The summed E-state index contributed by atoms with van der Waals surface area (Å²) in [6.45, 7) is 1.52. The number of para-hydroxylation sites is 1. The minimum atomic E-state index is -1.27. The van der Waals surface area contributed by atoms with Gasteiger partial charge >= 0.3 is 6.09 Å². The molecule has 0 spiro atoms. The Kier molecular flexibility index (Phi) is 9.18. The number of hydrogen-bond acceptors (Lipinski definition) is 7. The molecule has 3 saturated carbocycles. The van der Waals surface area contributed by atoms with Crippen LogP contribution >= 0.6 is 0 Å². The van der Waals surface area contributed by atoms with E-state index in [0.29, 0.717) is 58.2 Å². The number of piperazine rings is 1. The molecule has 1 N–H and O–H groups in total. The van der Waals surface area contributed by atoms with Crippen LogP contribution in [0, 0.1) is 16.7 Å². The number of carbonyl (C=O) groups excluding carboxylic acids is 3. The van der Waals surface area contributed by atoms with Gasteiger partial charge < -0.3 is 24.6 Å². The number of nitrogens with zero attached hydrogens (tertiary/aromatic N) is 4. The minimum absolute atomic E-state index is 0.0294. The Hall–Kier alpha value is -4.17. The van der Waals surface area contributed by atoms with Gasteiger partial charge in [0.25, 0.3) is 0 Å². The lowest BCUT2D eigenvalue weighted by Gasteiger charge is -2.57. The first-order chi connectivity index (χ1) is 22.3. The summed E-state index contributed by atoms with van der Waals surface area (Å²) >= 11 is 0. The van der Waals surface area contributed by atoms with Crippen molar-refractivity contribution in [2.75, 3.05) is 39.8 Å². The molecule has 244 valence electrons. The molecular formula is C35H42FN5O5. The van der Waals surface area contributed by atoms with Crippen LogP contribution in [0.3, 0.4) is 0 Å². The molecule has 0 aromatic heterocycles. The molecule has 2 saturated heterocycles. The zero-order chi connectivity index (χ0) is 32.3. The number of nitriles is 1. The van der Waals surface area contributed by atoms with Crippen LogP contribution in [0.25, 0.3) is 0 Å². The van der Waals surface area contributed by atoms with E-state index < -0.39 is 35.2 Å². The molecule has 3 atom stereocenters. The van der Waals surface area contributed by atoms with Gasteiger partial charge in [-0.3, -0.25) is 14.5 Å². The van der Waals surface area contributed by atoms with Crippen molar-refractivity contribution in [3.05, 3.63) is 65.7 Å². The number of rotatable bonds is 8. The largest absolute Gasteiger partial charge is 0.496 e. The van der Waals surface area contributed by atoms with Crippen LogP contribution in [0.2, 0.25) is 0 Å². The highest BCUT2D eigenvalue weighted by molar-refractivity contribution is 5.85. The molecule has 5 fully saturated rings. The number of carbonyl (C=O) groups is 3. The topological polar surface area (TPSA) is 115 Å². The van der Waals surface area contributed by atoms with E-state index in [-0.39, 0.29) is 38.1 Å². The highest BCUT2D eigenvalue weighted by Crippen LogP contribution is 2.56. The predicted octanol–water partition coefficient (Wildman–Crippen LogP) is 4.36. The third-order valence-corrected chi connectivity index (χ3v) is 10.7. The summed E-state index contributed by atoms with van der Waals surface area (Å²) < 4.78 is 25.6.